The van der Waals surface area contributed by atoms with Crippen LogP contribution in [-0.2, 0) is 6.54 Å². The minimum atomic E-state index is 0.0322. The van der Waals surface area contributed by atoms with E-state index in [4.69, 9.17) is 9.47 Å². The second-order valence-electron chi connectivity index (χ2n) is 7.22. The summed E-state index contributed by atoms with van der Waals surface area (Å²) in [6, 6.07) is 17.3. The van der Waals surface area contributed by atoms with Crippen molar-refractivity contribution in [2.75, 3.05) is 19.0 Å². The number of amides is 1. The van der Waals surface area contributed by atoms with Gasteiger partial charge in [-0.2, -0.15) is 0 Å². The molecule has 3 aromatic rings. The maximum atomic E-state index is 12.4. The monoisotopic (exact) mass is 403 g/mol. The first kappa shape index (κ1) is 19.8. The molecule has 0 fully saturated rings. The number of rotatable bonds is 7. The third-order valence-electron chi connectivity index (χ3n) is 5.33. The molecular formula is C24H25N3O3. The van der Waals surface area contributed by atoms with E-state index >= 15 is 0 Å². The van der Waals surface area contributed by atoms with Gasteiger partial charge in [-0.25, -0.2) is 4.98 Å². The fourth-order valence-corrected chi connectivity index (χ4v) is 3.56. The minimum absolute atomic E-state index is 0.0322. The van der Waals surface area contributed by atoms with E-state index in [-0.39, 0.29) is 11.9 Å². The maximum Gasteiger partial charge on any atom is 0.254 e. The molecule has 1 aliphatic rings. The van der Waals surface area contributed by atoms with Gasteiger partial charge in [0.1, 0.15) is 23.1 Å². The second-order valence-corrected chi connectivity index (χ2v) is 7.22. The van der Waals surface area contributed by atoms with E-state index in [0.717, 1.165) is 39.8 Å². The first-order valence-corrected chi connectivity index (χ1v) is 10.0. The highest BCUT2D eigenvalue weighted by Gasteiger charge is 2.29. The number of hydrogen-bond donors (Lipinski definition) is 1. The first-order chi connectivity index (χ1) is 14.6. The number of fused-ring (bicyclic) bond motifs is 1. The highest BCUT2D eigenvalue weighted by Crippen LogP contribution is 2.30. The molecule has 154 valence electrons. The molecule has 0 bridgehead atoms. The number of anilines is 1. The van der Waals surface area contributed by atoms with Gasteiger partial charge in [-0.3, -0.25) is 4.79 Å². The summed E-state index contributed by atoms with van der Waals surface area (Å²) in [5.74, 6) is 3.15. The van der Waals surface area contributed by atoms with Crippen LogP contribution in [0.1, 0.15) is 41.4 Å². The average molecular weight is 403 g/mol. The van der Waals surface area contributed by atoms with Crippen molar-refractivity contribution < 1.29 is 14.3 Å². The molecule has 0 spiro atoms. The molecule has 2 heterocycles. The van der Waals surface area contributed by atoms with Crippen molar-refractivity contribution in [3.63, 3.8) is 0 Å². The van der Waals surface area contributed by atoms with Crippen LogP contribution in [0.2, 0.25) is 0 Å². The Balaban J connectivity index is 1.45. The predicted molar refractivity (Wildman–Crippen MR) is 116 cm³/mol. The number of benzene rings is 2. The van der Waals surface area contributed by atoms with Gasteiger partial charge in [0.05, 0.1) is 13.7 Å². The Labute approximate surface area is 176 Å². The van der Waals surface area contributed by atoms with Gasteiger partial charge in [-0.15, -0.1) is 0 Å². The van der Waals surface area contributed by atoms with Crippen LogP contribution in [0, 0.1) is 0 Å². The lowest BCUT2D eigenvalue weighted by Gasteiger charge is -2.18. The van der Waals surface area contributed by atoms with Crippen LogP contribution in [0.15, 0.2) is 60.8 Å². The van der Waals surface area contributed by atoms with Gasteiger partial charge in [0.25, 0.3) is 5.91 Å². The number of carbonyl (C=O) groups excluding carboxylic acids is 1. The molecule has 0 saturated heterocycles. The fourth-order valence-electron chi connectivity index (χ4n) is 3.56. The topological polar surface area (TPSA) is 63.7 Å². The quantitative estimate of drug-likeness (QED) is 0.599. The van der Waals surface area contributed by atoms with Crippen molar-refractivity contribution >= 4 is 11.7 Å². The maximum absolute atomic E-state index is 12.4. The smallest absolute Gasteiger partial charge is 0.254 e. The lowest BCUT2D eigenvalue weighted by molar-refractivity contribution is 0.0787. The Morgan fingerprint density at radius 2 is 1.67 bits per heavy atom. The van der Waals surface area contributed by atoms with Crippen LogP contribution >= 0.6 is 0 Å². The summed E-state index contributed by atoms with van der Waals surface area (Å²) in [6.45, 7) is 5.36. The van der Waals surface area contributed by atoms with Crippen LogP contribution in [-0.4, -0.2) is 29.4 Å². The van der Waals surface area contributed by atoms with Crippen LogP contribution in [0.5, 0.6) is 17.2 Å². The lowest BCUT2D eigenvalue weighted by Crippen LogP contribution is -2.22. The number of nitrogens with one attached hydrogen (secondary N) is 1. The molecule has 1 aliphatic heterocycles. The normalized spacial score (nSPS) is 13.7. The Kier molecular flexibility index (Phi) is 5.57. The molecule has 0 radical (unpaired) electrons. The van der Waals surface area contributed by atoms with Crippen LogP contribution < -0.4 is 14.8 Å². The van der Waals surface area contributed by atoms with Crippen molar-refractivity contribution in [2.24, 2.45) is 0 Å². The third kappa shape index (κ3) is 3.94. The Hall–Kier alpha value is -3.54. The van der Waals surface area contributed by atoms with Gasteiger partial charge in [0, 0.05) is 29.9 Å². The highest BCUT2D eigenvalue weighted by molar-refractivity contribution is 5.99. The molecule has 1 atom stereocenters. The zero-order chi connectivity index (χ0) is 21.1. The van der Waals surface area contributed by atoms with Crippen molar-refractivity contribution in [1.29, 1.82) is 0 Å². The zero-order valence-electron chi connectivity index (χ0n) is 17.4. The van der Waals surface area contributed by atoms with E-state index in [1.807, 2.05) is 60.4 Å². The average Bonchev–Trinajstić information content (AvgIpc) is 3.11. The van der Waals surface area contributed by atoms with Crippen LogP contribution in [0.3, 0.4) is 0 Å². The lowest BCUT2D eigenvalue weighted by atomic mass is 10.1. The van der Waals surface area contributed by atoms with E-state index < -0.39 is 0 Å². The fraction of sp³-hybridized carbons (Fsp3) is 0.250. The molecule has 2 aromatic carbocycles. The van der Waals surface area contributed by atoms with E-state index in [1.54, 1.807) is 19.4 Å². The van der Waals surface area contributed by atoms with E-state index in [1.165, 1.54) is 0 Å². The molecule has 0 unspecified atom stereocenters. The molecule has 0 saturated carbocycles. The summed E-state index contributed by atoms with van der Waals surface area (Å²) in [7, 11) is 1.64. The third-order valence-corrected chi connectivity index (χ3v) is 5.33. The minimum Gasteiger partial charge on any atom is -0.497 e. The predicted octanol–water partition coefficient (Wildman–Crippen LogP) is 5.03. The van der Waals surface area contributed by atoms with Crippen molar-refractivity contribution in [3.8, 4) is 17.2 Å². The Morgan fingerprint density at radius 3 is 2.30 bits per heavy atom. The van der Waals surface area contributed by atoms with Gasteiger partial charge in [0.2, 0.25) is 0 Å². The summed E-state index contributed by atoms with van der Waals surface area (Å²) in [4.78, 5) is 18.7. The number of methoxy groups -OCH3 is 1. The van der Waals surface area contributed by atoms with E-state index in [0.29, 0.717) is 13.1 Å². The molecule has 6 heteroatoms. The number of aromatic nitrogens is 1. The van der Waals surface area contributed by atoms with Crippen molar-refractivity contribution in [1.82, 2.24) is 9.88 Å². The van der Waals surface area contributed by atoms with Crippen molar-refractivity contribution in [3.05, 3.63) is 77.5 Å². The molecule has 1 N–H and O–H groups in total. The number of carbonyl (C=O) groups is 1. The van der Waals surface area contributed by atoms with Crippen LogP contribution in [0.4, 0.5) is 5.82 Å². The largest absolute Gasteiger partial charge is 0.497 e. The molecule has 1 amide bonds. The zero-order valence-corrected chi connectivity index (χ0v) is 17.4. The molecule has 6 nitrogen and oxygen atoms in total. The SMILES string of the molecule is CCN1Cc2c(ccnc2N[C@@H](C)c2ccc(Oc3ccc(OC)cc3)cc2)C1=O. The molecule has 0 aliphatic carbocycles. The standard InChI is InChI=1S/C24H25N3O3/c1-4-27-15-22-21(24(27)28)13-14-25-23(22)26-16(2)17-5-7-19(8-6-17)30-20-11-9-18(29-3)10-12-20/h5-14,16H,4,15H2,1-3H3,(H,25,26)/t16-/m0/s1. The first-order valence-electron chi connectivity index (χ1n) is 10.0. The van der Waals surface area contributed by atoms with Gasteiger partial charge in [0.15, 0.2) is 0 Å². The Morgan fingerprint density at radius 1 is 1.03 bits per heavy atom. The van der Waals surface area contributed by atoms with Gasteiger partial charge in [-0.1, -0.05) is 12.1 Å². The number of nitrogens with zero attached hydrogens (tertiary/aromatic N) is 2. The number of pyridine rings is 1. The summed E-state index contributed by atoms with van der Waals surface area (Å²) < 4.78 is 11.1. The molecular weight excluding hydrogens is 378 g/mol. The Bertz CT molecular complexity index is 1030. The van der Waals surface area contributed by atoms with Gasteiger partial charge < -0.3 is 19.7 Å². The van der Waals surface area contributed by atoms with E-state index in [2.05, 4.69) is 17.2 Å². The van der Waals surface area contributed by atoms with E-state index in [9.17, 15) is 4.79 Å². The number of hydrogen-bond acceptors (Lipinski definition) is 5. The summed E-state index contributed by atoms with van der Waals surface area (Å²) in [6.07, 6.45) is 1.69. The summed E-state index contributed by atoms with van der Waals surface area (Å²) in [5.41, 5.74) is 2.81. The van der Waals surface area contributed by atoms with Crippen molar-refractivity contribution in [2.45, 2.75) is 26.4 Å². The molecule has 1 aromatic heterocycles. The highest BCUT2D eigenvalue weighted by atomic mass is 16.5. The summed E-state index contributed by atoms with van der Waals surface area (Å²) >= 11 is 0. The van der Waals surface area contributed by atoms with Crippen LogP contribution in [0.25, 0.3) is 0 Å². The number of ether oxygens (including phenoxy) is 2. The van der Waals surface area contributed by atoms with Gasteiger partial charge >= 0.3 is 0 Å². The van der Waals surface area contributed by atoms with Gasteiger partial charge in [-0.05, 0) is 61.9 Å². The summed E-state index contributed by atoms with van der Waals surface area (Å²) in [5, 5.41) is 3.46. The molecule has 4 rings (SSSR count). The molecule has 30 heavy (non-hydrogen) atoms. The second kappa shape index (κ2) is 8.45.